The van der Waals surface area contributed by atoms with Gasteiger partial charge in [-0.1, -0.05) is 0 Å². The van der Waals surface area contributed by atoms with E-state index in [0.717, 1.165) is 19.0 Å². The first-order valence-corrected chi connectivity index (χ1v) is 7.05. The molecule has 0 bridgehead atoms. The van der Waals surface area contributed by atoms with E-state index < -0.39 is 16.1 Å². The summed E-state index contributed by atoms with van der Waals surface area (Å²) in [5.74, 6) is 0.215. The molecule has 1 aromatic heterocycles. The maximum absolute atomic E-state index is 11.8. The fourth-order valence-electron chi connectivity index (χ4n) is 1.53. The van der Waals surface area contributed by atoms with Crippen LogP contribution in [0.15, 0.2) is 23.2 Å². The quantitative estimate of drug-likeness (QED) is 0.781. The lowest BCUT2D eigenvalue weighted by molar-refractivity contribution is 0.155. The largest absolute Gasteiger partial charge is 0.391 e. The number of sulfonamides is 1. The molecule has 1 saturated carbocycles. The third kappa shape index (κ3) is 3.04. The molecule has 96 valence electrons. The highest BCUT2D eigenvalue weighted by molar-refractivity contribution is 7.89. The van der Waals surface area contributed by atoms with Gasteiger partial charge >= 0.3 is 0 Å². The molecule has 0 amide bonds. The van der Waals surface area contributed by atoms with Crippen LogP contribution in [0.5, 0.6) is 0 Å². The third-order valence-corrected chi connectivity index (χ3v) is 4.22. The minimum absolute atomic E-state index is 0.00695. The predicted molar refractivity (Wildman–Crippen MR) is 62.9 cm³/mol. The molecule has 1 aliphatic rings. The van der Waals surface area contributed by atoms with Gasteiger partial charge in [-0.3, -0.25) is 0 Å². The van der Waals surface area contributed by atoms with Crippen molar-refractivity contribution >= 4 is 10.0 Å². The second kappa shape index (κ2) is 5.02. The molecule has 2 rings (SSSR count). The van der Waals surface area contributed by atoms with Crippen LogP contribution in [0.1, 0.15) is 18.5 Å². The molecular formula is C11H13N3O3S. The van der Waals surface area contributed by atoms with Crippen molar-refractivity contribution in [3.8, 4) is 6.07 Å². The SMILES string of the molecule is N#Cc1ccc(S(=O)(=O)NCC(O)C2CC2)cn1. The molecule has 1 atom stereocenters. The van der Waals surface area contributed by atoms with Crippen molar-refractivity contribution in [1.29, 1.82) is 5.26 Å². The summed E-state index contributed by atoms with van der Waals surface area (Å²) in [7, 11) is -3.67. The number of nitrogens with one attached hydrogen (secondary N) is 1. The Kier molecular flexibility index (Phi) is 3.61. The highest BCUT2D eigenvalue weighted by Crippen LogP contribution is 2.32. The fourth-order valence-corrected chi connectivity index (χ4v) is 2.53. The standard InChI is InChI=1S/C11H13N3O3S/c12-5-9-3-4-10(6-13-9)18(16,17)14-7-11(15)8-1-2-8/h3-4,6,8,11,14-15H,1-2,7H2. The summed E-state index contributed by atoms with van der Waals surface area (Å²) in [6.07, 6.45) is 2.39. The first-order valence-electron chi connectivity index (χ1n) is 5.57. The Morgan fingerprint density at radius 1 is 1.56 bits per heavy atom. The van der Waals surface area contributed by atoms with Crippen LogP contribution in [0.3, 0.4) is 0 Å². The minimum Gasteiger partial charge on any atom is -0.391 e. The fraction of sp³-hybridized carbons (Fsp3) is 0.455. The molecule has 6 nitrogen and oxygen atoms in total. The van der Waals surface area contributed by atoms with Gasteiger partial charge < -0.3 is 5.11 Å². The summed E-state index contributed by atoms with van der Waals surface area (Å²) in [4.78, 5) is 3.69. The summed E-state index contributed by atoms with van der Waals surface area (Å²) in [5.41, 5.74) is 0.159. The number of hydrogen-bond acceptors (Lipinski definition) is 5. The molecule has 7 heteroatoms. The van der Waals surface area contributed by atoms with Crippen molar-refractivity contribution in [1.82, 2.24) is 9.71 Å². The van der Waals surface area contributed by atoms with Crippen LogP contribution in [-0.4, -0.2) is 31.2 Å². The number of rotatable bonds is 5. The molecule has 0 aliphatic heterocycles. The van der Waals surface area contributed by atoms with E-state index in [1.54, 1.807) is 0 Å². The van der Waals surface area contributed by atoms with Gasteiger partial charge in [-0.15, -0.1) is 0 Å². The van der Waals surface area contributed by atoms with Crippen molar-refractivity contribution in [2.45, 2.75) is 23.8 Å². The van der Waals surface area contributed by atoms with Gasteiger partial charge in [-0.2, -0.15) is 5.26 Å². The van der Waals surface area contributed by atoms with Crippen molar-refractivity contribution < 1.29 is 13.5 Å². The lowest BCUT2D eigenvalue weighted by Gasteiger charge is -2.10. The van der Waals surface area contributed by atoms with Gasteiger partial charge in [0, 0.05) is 12.7 Å². The number of nitrogens with zero attached hydrogens (tertiary/aromatic N) is 2. The van der Waals surface area contributed by atoms with Gasteiger partial charge in [0.25, 0.3) is 0 Å². The first kappa shape index (κ1) is 13.0. The van der Waals surface area contributed by atoms with E-state index in [2.05, 4.69) is 9.71 Å². The molecule has 1 unspecified atom stereocenters. The van der Waals surface area contributed by atoms with E-state index in [0.29, 0.717) is 0 Å². The molecule has 0 spiro atoms. The normalized spacial score (nSPS) is 17.1. The molecule has 18 heavy (non-hydrogen) atoms. The first-order chi connectivity index (χ1) is 8.53. The maximum Gasteiger partial charge on any atom is 0.242 e. The Balaban J connectivity index is 2.02. The molecule has 1 heterocycles. The zero-order chi connectivity index (χ0) is 13.2. The number of nitriles is 1. The lowest BCUT2D eigenvalue weighted by atomic mass is 10.2. The monoisotopic (exact) mass is 267 g/mol. The van der Waals surface area contributed by atoms with Crippen LogP contribution in [0.25, 0.3) is 0 Å². The van der Waals surface area contributed by atoms with Crippen molar-refractivity contribution in [3.05, 3.63) is 24.0 Å². The van der Waals surface area contributed by atoms with Crippen LogP contribution in [-0.2, 0) is 10.0 Å². The predicted octanol–water partition coefficient (Wildman–Crippen LogP) is 0.00248. The van der Waals surface area contributed by atoms with E-state index in [1.807, 2.05) is 6.07 Å². The van der Waals surface area contributed by atoms with Gasteiger partial charge in [-0.05, 0) is 30.9 Å². The number of pyridine rings is 1. The molecule has 0 aromatic carbocycles. The molecule has 0 radical (unpaired) electrons. The van der Waals surface area contributed by atoms with E-state index in [9.17, 15) is 13.5 Å². The second-order valence-electron chi connectivity index (χ2n) is 4.25. The maximum atomic E-state index is 11.8. The van der Waals surface area contributed by atoms with Crippen molar-refractivity contribution in [2.24, 2.45) is 5.92 Å². The number of aromatic nitrogens is 1. The van der Waals surface area contributed by atoms with Crippen LogP contribution in [0.2, 0.25) is 0 Å². The Bertz CT molecular complexity index is 558. The molecule has 1 fully saturated rings. The molecule has 1 aromatic rings. The van der Waals surface area contributed by atoms with Gasteiger partial charge in [0.2, 0.25) is 10.0 Å². The zero-order valence-corrected chi connectivity index (χ0v) is 10.4. The number of hydrogen-bond donors (Lipinski definition) is 2. The highest BCUT2D eigenvalue weighted by atomic mass is 32.2. The van der Waals surface area contributed by atoms with Gasteiger partial charge in [-0.25, -0.2) is 18.1 Å². The summed E-state index contributed by atoms with van der Waals surface area (Å²) in [6.45, 7) is 0.00695. The Labute approximate surface area is 105 Å². The topological polar surface area (TPSA) is 103 Å². The summed E-state index contributed by atoms with van der Waals surface area (Å²) in [6, 6.07) is 4.47. The summed E-state index contributed by atoms with van der Waals surface area (Å²) in [5, 5.41) is 18.2. The summed E-state index contributed by atoms with van der Waals surface area (Å²) < 4.78 is 26.0. The molecular weight excluding hydrogens is 254 g/mol. The zero-order valence-electron chi connectivity index (χ0n) is 9.57. The van der Waals surface area contributed by atoms with E-state index >= 15 is 0 Å². The highest BCUT2D eigenvalue weighted by Gasteiger charge is 2.30. The third-order valence-electron chi connectivity index (χ3n) is 2.81. The lowest BCUT2D eigenvalue weighted by Crippen LogP contribution is -2.33. The van der Waals surface area contributed by atoms with Gasteiger partial charge in [0.15, 0.2) is 0 Å². The van der Waals surface area contributed by atoms with Crippen LogP contribution < -0.4 is 4.72 Å². The van der Waals surface area contributed by atoms with Crippen molar-refractivity contribution in [2.75, 3.05) is 6.54 Å². The molecule has 1 aliphatic carbocycles. The average molecular weight is 267 g/mol. The molecule has 2 N–H and O–H groups in total. The van der Waals surface area contributed by atoms with Gasteiger partial charge in [0.1, 0.15) is 16.7 Å². The van der Waals surface area contributed by atoms with Crippen molar-refractivity contribution in [3.63, 3.8) is 0 Å². The molecule has 0 saturated heterocycles. The Morgan fingerprint density at radius 2 is 2.28 bits per heavy atom. The Hall–Kier alpha value is -1.49. The average Bonchev–Trinajstić information content (AvgIpc) is 3.20. The van der Waals surface area contributed by atoms with E-state index in [4.69, 9.17) is 5.26 Å². The van der Waals surface area contributed by atoms with E-state index in [1.165, 1.54) is 12.1 Å². The van der Waals surface area contributed by atoms with Crippen LogP contribution in [0, 0.1) is 17.2 Å². The smallest absolute Gasteiger partial charge is 0.242 e. The van der Waals surface area contributed by atoms with Gasteiger partial charge in [0.05, 0.1) is 6.10 Å². The number of aliphatic hydroxyl groups excluding tert-OH is 1. The second-order valence-corrected chi connectivity index (χ2v) is 6.01. The summed E-state index contributed by atoms with van der Waals surface area (Å²) >= 11 is 0. The number of aliphatic hydroxyl groups is 1. The Morgan fingerprint density at radius 3 is 2.78 bits per heavy atom. The van der Waals surface area contributed by atoms with E-state index in [-0.39, 0.29) is 23.1 Å². The van der Waals surface area contributed by atoms with Crippen LogP contribution in [0.4, 0.5) is 0 Å². The minimum atomic E-state index is -3.67. The van der Waals surface area contributed by atoms with Crippen LogP contribution >= 0.6 is 0 Å².